The van der Waals surface area contributed by atoms with Gasteiger partial charge in [-0.25, -0.2) is 17.7 Å². The number of anilines is 1. The molecule has 1 aromatic rings. The number of hydrogen-bond acceptors (Lipinski definition) is 5. The van der Waals surface area contributed by atoms with Crippen LogP contribution >= 0.6 is 11.3 Å². The zero-order chi connectivity index (χ0) is 15.3. The van der Waals surface area contributed by atoms with E-state index in [0.717, 1.165) is 37.5 Å². The lowest BCUT2D eigenvalue weighted by atomic mass is 10.1. The summed E-state index contributed by atoms with van der Waals surface area (Å²) in [5.74, 6) is 0.510. The number of sulfonamides is 1. The smallest absolute Gasteiger partial charge is 0.214 e. The Kier molecular flexibility index (Phi) is 6.01. The lowest BCUT2D eigenvalue weighted by Crippen LogP contribution is -2.38. The summed E-state index contributed by atoms with van der Waals surface area (Å²) in [7, 11) is -3.13. The first-order chi connectivity index (χ1) is 10.0. The maximum absolute atomic E-state index is 12.5. The lowest BCUT2D eigenvalue weighted by molar-refractivity contribution is 0.423. The largest absolute Gasteiger partial charge is 0.347 e. The van der Waals surface area contributed by atoms with Crippen molar-refractivity contribution in [2.45, 2.75) is 33.1 Å². The van der Waals surface area contributed by atoms with E-state index in [0.29, 0.717) is 13.1 Å². The number of hydrogen-bond donors (Lipinski definition) is 0. The van der Waals surface area contributed by atoms with Gasteiger partial charge in [-0.15, -0.1) is 11.3 Å². The van der Waals surface area contributed by atoms with Crippen molar-refractivity contribution in [2.75, 3.05) is 36.8 Å². The molecule has 0 unspecified atom stereocenters. The molecular weight excluding hydrogens is 306 g/mol. The quantitative estimate of drug-likeness (QED) is 0.803. The van der Waals surface area contributed by atoms with Crippen LogP contribution in [0.25, 0.3) is 0 Å². The van der Waals surface area contributed by atoms with Crippen molar-refractivity contribution in [3.8, 4) is 0 Å². The van der Waals surface area contributed by atoms with Crippen LogP contribution < -0.4 is 4.90 Å². The van der Waals surface area contributed by atoms with Crippen LogP contribution in [0.2, 0.25) is 0 Å². The molecule has 1 fully saturated rings. The second kappa shape index (κ2) is 7.56. The van der Waals surface area contributed by atoms with Gasteiger partial charge < -0.3 is 4.90 Å². The molecule has 1 aliphatic heterocycles. The Morgan fingerprint density at radius 1 is 1.33 bits per heavy atom. The number of aromatic nitrogens is 1. The third-order valence-electron chi connectivity index (χ3n) is 3.81. The van der Waals surface area contributed by atoms with Crippen LogP contribution in [-0.2, 0) is 10.0 Å². The summed E-state index contributed by atoms with van der Waals surface area (Å²) in [5, 5.41) is 2.95. The molecule has 1 aliphatic rings. The molecule has 0 saturated carbocycles. The van der Waals surface area contributed by atoms with Gasteiger partial charge in [-0.3, -0.25) is 0 Å². The summed E-state index contributed by atoms with van der Waals surface area (Å²) < 4.78 is 26.7. The third-order valence-corrected chi connectivity index (χ3v) is 6.79. The van der Waals surface area contributed by atoms with Crippen LogP contribution in [0.1, 0.15) is 33.1 Å². The van der Waals surface area contributed by atoms with Gasteiger partial charge in [-0.1, -0.05) is 20.3 Å². The molecule has 0 bridgehead atoms. The predicted octanol–water partition coefficient (Wildman–Crippen LogP) is 2.42. The lowest BCUT2D eigenvalue weighted by Gasteiger charge is -2.23. The van der Waals surface area contributed by atoms with Crippen molar-refractivity contribution in [2.24, 2.45) is 5.92 Å². The SMILES string of the molecule is CCC[C@@H](C)CS(=O)(=O)N1CCCN(c2nccs2)CC1. The van der Waals surface area contributed by atoms with Crippen LogP contribution in [0, 0.1) is 5.92 Å². The molecule has 7 heteroatoms. The fraction of sp³-hybridized carbons (Fsp3) is 0.786. The molecular formula is C14H25N3O2S2. The Morgan fingerprint density at radius 3 is 2.81 bits per heavy atom. The highest BCUT2D eigenvalue weighted by molar-refractivity contribution is 7.89. The average Bonchev–Trinajstić information content (AvgIpc) is 2.82. The summed E-state index contributed by atoms with van der Waals surface area (Å²) in [6.45, 7) is 6.93. The highest BCUT2D eigenvalue weighted by atomic mass is 32.2. The summed E-state index contributed by atoms with van der Waals surface area (Å²) >= 11 is 1.61. The van der Waals surface area contributed by atoms with Crippen molar-refractivity contribution < 1.29 is 8.42 Å². The molecule has 0 N–H and O–H groups in total. The second-order valence-corrected chi connectivity index (χ2v) is 8.61. The zero-order valence-corrected chi connectivity index (χ0v) is 14.5. The van der Waals surface area contributed by atoms with E-state index in [4.69, 9.17) is 0 Å². The van der Waals surface area contributed by atoms with Crippen molar-refractivity contribution in [1.82, 2.24) is 9.29 Å². The Hall–Kier alpha value is -0.660. The third kappa shape index (κ3) is 4.66. The first kappa shape index (κ1) is 16.7. The molecule has 0 spiro atoms. The molecule has 0 radical (unpaired) electrons. The molecule has 0 aromatic carbocycles. The van der Waals surface area contributed by atoms with E-state index in [9.17, 15) is 8.42 Å². The zero-order valence-electron chi connectivity index (χ0n) is 12.9. The van der Waals surface area contributed by atoms with Crippen LogP contribution in [0.4, 0.5) is 5.13 Å². The van der Waals surface area contributed by atoms with E-state index in [-0.39, 0.29) is 11.7 Å². The molecule has 120 valence electrons. The number of rotatable bonds is 6. The van der Waals surface area contributed by atoms with Gasteiger partial charge in [0.25, 0.3) is 0 Å². The van der Waals surface area contributed by atoms with Gasteiger partial charge in [0.05, 0.1) is 5.75 Å². The monoisotopic (exact) mass is 331 g/mol. The Bertz CT molecular complexity index is 516. The van der Waals surface area contributed by atoms with E-state index in [1.807, 2.05) is 12.3 Å². The average molecular weight is 332 g/mol. The normalized spacial score (nSPS) is 19.4. The van der Waals surface area contributed by atoms with E-state index in [1.54, 1.807) is 21.8 Å². The highest BCUT2D eigenvalue weighted by Crippen LogP contribution is 2.20. The van der Waals surface area contributed by atoms with Crippen LogP contribution in [0.3, 0.4) is 0 Å². The van der Waals surface area contributed by atoms with Crippen LogP contribution in [0.5, 0.6) is 0 Å². The first-order valence-electron chi connectivity index (χ1n) is 7.65. The standard InChI is InChI=1S/C14H25N3O2S2/c1-3-5-13(2)12-21(18,19)17-8-4-7-16(9-10-17)14-15-6-11-20-14/h6,11,13H,3-5,7-10,12H2,1-2H3/t13-/m1/s1. The predicted molar refractivity (Wildman–Crippen MR) is 88.4 cm³/mol. The minimum atomic E-state index is -3.13. The molecule has 1 atom stereocenters. The van der Waals surface area contributed by atoms with Crippen molar-refractivity contribution in [3.05, 3.63) is 11.6 Å². The van der Waals surface area contributed by atoms with Crippen molar-refractivity contribution >= 4 is 26.5 Å². The van der Waals surface area contributed by atoms with Gasteiger partial charge in [-0.2, -0.15) is 0 Å². The van der Waals surface area contributed by atoms with E-state index >= 15 is 0 Å². The summed E-state index contributed by atoms with van der Waals surface area (Å²) in [5.41, 5.74) is 0. The summed E-state index contributed by atoms with van der Waals surface area (Å²) in [6, 6.07) is 0. The number of thiazole rings is 1. The van der Waals surface area contributed by atoms with E-state index < -0.39 is 10.0 Å². The van der Waals surface area contributed by atoms with Gasteiger partial charge >= 0.3 is 0 Å². The molecule has 0 aliphatic carbocycles. The fourth-order valence-corrected chi connectivity index (χ4v) is 5.34. The Morgan fingerprint density at radius 2 is 2.14 bits per heavy atom. The highest BCUT2D eigenvalue weighted by Gasteiger charge is 2.27. The van der Waals surface area contributed by atoms with Crippen molar-refractivity contribution in [3.63, 3.8) is 0 Å². The van der Waals surface area contributed by atoms with Gasteiger partial charge in [0.2, 0.25) is 10.0 Å². The number of nitrogens with zero attached hydrogens (tertiary/aromatic N) is 3. The molecule has 1 aromatic heterocycles. The van der Waals surface area contributed by atoms with Gasteiger partial charge in [-0.05, 0) is 18.8 Å². The molecule has 1 saturated heterocycles. The van der Waals surface area contributed by atoms with Gasteiger partial charge in [0.15, 0.2) is 5.13 Å². The Balaban J connectivity index is 1.95. The van der Waals surface area contributed by atoms with Crippen LogP contribution in [0.15, 0.2) is 11.6 Å². The minimum Gasteiger partial charge on any atom is -0.347 e. The molecule has 2 heterocycles. The molecule has 0 amide bonds. The van der Waals surface area contributed by atoms with Crippen LogP contribution in [-0.4, -0.2) is 49.6 Å². The summed E-state index contributed by atoms with van der Waals surface area (Å²) in [4.78, 5) is 6.51. The minimum absolute atomic E-state index is 0.235. The molecule has 21 heavy (non-hydrogen) atoms. The maximum atomic E-state index is 12.5. The van der Waals surface area contributed by atoms with E-state index in [1.165, 1.54) is 0 Å². The topological polar surface area (TPSA) is 53.5 Å². The van der Waals surface area contributed by atoms with Gasteiger partial charge in [0, 0.05) is 37.8 Å². The second-order valence-electron chi connectivity index (χ2n) is 5.73. The molecule has 5 nitrogen and oxygen atoms in total. The first-order valence-corrected chi connectivity index (χ1v) is 10.1. The molecule has 2 rings (SSSR count). The van der Waals surface area contributed by atoms with Crippen molar-refractivity contribution in [1.29, 1.82) is 0 Å². The Labute approximate surface area is 132 Å². The summed E-state index contributed by atoms with van der Waals surface area (Å²) in [6.07, 6.45) is 4.67. The van der Waals surface area contributed by atoms with E-state index in [2.05, 4.69) is 16.8 Å². The van der Waals surface area contributed by atoms with Gasteiger partial charge in [0.1, 0.15) is 0 Å². The maximum Gasteiger partial charge on any atom is 0.214 e. The fourth-order valence-electron chi connectivity index (χ4n) is 2.78.